The first-order valence-corrected chi connectivity index (χ1v) is 9.17. The highest BCUT2D eigenvalue weighted by molar-refractivity contribution is 5.89. The van der Waals surface area contributed by atoms with E-state index in [1.165, 1.54) is 50.7 Å². The van der Waals surface area contributed by atoms with Gasteiger partial charge in [0.1, 0.15) is 0 Å². The van der Waals surface area contributed by atoms with Crippen molar-refractivity contribution in [2.75, 3.05) is 6.61 Å². The van der Waals surface area contributed by atoms with Crippen LogP contribution in [-0.4, -0.2) is 12.6 Å². The van der Waals surface area contributed by atoms with E-state index in [9.17, 15) is 18.0 Å². The van der Waals surface area contributed by atoms with E-state index in [2.05, 4.69) is 0 Å². The molecule has 1 aromatic carbocycles. The van der Waals surface area contributed by atoms with Crippen molar-refractivity contribution in [3.05, 3.63) is 35.4 Å². The van der Waals surface area contributed by atoms with Gasteiger partial charge < -0.3 is 4.74 Å². The topological polar surface area (TPSA) is 26.3 Å². The molecule has 25 heavy (non-hydrogen) atoms. The normalized spacial score (nSPS) is 33.5. The lowest BCUT2D eigenvalue weighted by Crippen LogP contribution is -2.46. The van der Waals surface area contributed by atoms with Crippen LogP contribution < -0.4 is 0 Å². The molecule has 4 aliphatic carbocycles. The third kappa shape index (κ3) is 3.42. The number of carbonyl (C=O) groups is 1. The van der Waals surface area contributed by atoms with Crippen LogP contribution in [0.15, 0.2) is 24.3 Å². The van der Waals surface area contributed by atoms with Crippen molar-refractivity contribution in [1.82, 2.24) is 0 Å². The van der Waals surface area contributed by atoms with Gasteiger partial charge in [0.05, 0.1) is 17.7 Å². The molecule has 0 amide bonds. The molecule has 4 saturated carbocycles. The molecule has 0 aromatic heterocycles. The summed E-state index contributed by atoms with van der Waals surface area (Å²) in [6, 6.07) is 4.23. The highest BCUT2D eigenvalue weighted by Crippen LogP contribution is 2.61. The third-order valence-electron chi connectivity index (χ3n) is 6.48. The lowest BCUT2D eigenvalue weighted by Gasteiger charge is -2.57. The Morgan fingerprint density at radius 2 is 1.52 bits per heavy atom. The van der Waals surface area contributed by atoms with Crippen LogP contribution in [0, 0.1) is 23.2 Å². The van der Waals surface area contributed by atoms with Crippen molar-refractivity contribution in [2.45, 2.75) is 51.1 Å². The van der Waals surface area contributed by atoms with Crippen LogP contribution in [0.3, 0.4) is 0 Å². The summed E-state index contributed by atoms with van der Waals surface area (Å²) < 4.78 is 43.1. The number of rotatable bonds is 4. The molecule has 5 rings (SSSR count). The molecule has 4 aliphatic rings. The highest BCUT2D eigenvalue weighted by atomic mass is 19.4. The van der Waals surface area contributed by atoms with Gasteiger partial charge in [-0.05, 0) is 92.4 Å². The minimum absolute atomic E-state index is 0.179. The Morgan fingerprint density at radius 3 is 2.00 bits per heavy atom. The molecule has 0 radical (unpaired) electrons. The second kappa shape index (κ2) is 6.03. The maximum absolute atomic E-state index is 12.6. The number of benzene rings is 1. The zero-order chi connectivity index (χ0) is 17.7. The molecule has 0 saturated heterocycles. The summed E-state index contributed by atoms with van der Waals surface area (Å²) >= 11 is 0. The fourth-order valence-corrected chi connectivity index (χ4v) is 5.84. The Kier molecular flexibility index (Phi) is 4.08. The first-order valence-electron chi connectivity index (χ1n) is 9.17. The maximum atomic E-state index is 12.6. The molecular weight excluding hydrogens is 329 g/mol. The highest BCUT2D eigenvalue weighted by Gasteiger charge is 2.50. The summed E-state index contributed by atoms with van der Waals surface area (Å²) in [6.45, 7) is 0.367. The lowest BCUT2D eigenvalue weighted by molar-refractivity contribution is -0.137. The average Bonchev–Trinajstić information content (AvgIpc) is 2.52. The van der Waals surface area contributed by atoms with Gasteiger partial charge in [-0.2, -0.15) is 13.2 Å². The van der Waals surface area contributed by atoms with Crippen LogP contribution in [0.5, 0.6) is 0 Å². The van der Waals surface area contributed by atoms with Crippen molar-refractivity contribution < 1.29 is 22.7 Å². The Morgan fingerprint density at radius 1 is 1.00 bits per heavy atom. The van der Waals surface area contributed by atoms with E-state index in [0.29, 0.717) is 12.0 Å². The molecule has 0 unspecified atom stereocenters. The molecule has 0 spiro atoms. The van der Waals surface area contributed by atoms with Crippen molar-refractivity contribution in [3.8, 4) is 0 Å². The van der Waals surface area contributed by atoms with Gasteiger partial charge in [-0.1, -0.05) is 0 Å². The van der Waals surface area contributed by atoms with E-state index in [1.54, 1.807) is 0 Å². The SMILES string of the molecule is O=C(OCCC12CC3CC(CC(C3)C1)C2)c1ccc(C(F)(F)F)cc1. The van der Waals surface area contributed by atoms with Gasteiger partial charge in [0, 0.05) is 0 Å². The first-order chi connectivity index (χ1) is 11.8. The first kappa shape index (κ1) is 16.9. The molecule has 4 fully saturated rings. The standard InChI is InChI=1S/C20H23F3O2/c21-20(22,23)17-3-1-16(2-4-17)18(24)25-6-5-19-10-13-7-14(11-19)9-15(8-13)12-19/h1-4,13-15H,5-12H2. The smallest absolute Gasteiger partial charge is 0.416 e. The van der Waals surface area contributed by atoms with Crippen molar-refractivity contribution in [3.63, 3.8) is 0 Å². The van der Waals surface area contributed by atoms with Gasteiger partial charge >= 0.3 is 12.1 Å². The molecule has 1 aromatic rings. The van der Waals surface area contributed by atoms with Gasteiger partial charge in [0.15, 0.2) is 0 Å². The molecule has 136 valence electrons. The van der Waals surface area contributed by atoms with Crippen LogP contribution in [0.1, 0.15) is 60.9 Å². The van der Waals surface area contributed by atoms with Crippen LogP contribution in [0.4, 0.5) is 13.2 Å². The maximum Gasteiger partial charge on any atom is 0.416 e. The van der Waals surface area contributed by atoms with Crippen LogP contribution in [0.2, 0.25) is 0 Å². The summed E-state index contributed by atoms with van der Waals surface area (Å²) in [4.78, 5) is 12.1. The van der Waals surface area contributed by atoms with Crippen molar-refractivity contribution in [2.24, 2.45) is 23.2 Å². The molecule has 4 bridgehead atoms. The Hall–Kier alpha value is -1.52. The van der Waals surface area contributed by atoms with Crippen molar-refractivity contribution >= 4 is 5.97 Å². The number of carbonyl (C=O) groups excluding carboxylic acids is 1. The van der Waals surface area contributed by atoms with Crippen LogP contribution >= 0.6 is 0 Å². The summed E-state index contributed by atoms with van der Waals surface area (Å²) in [7, 11) is 0. The average molecular weight is 352 g/mol. The molecule has 2 nitrogen and oxygen atoms in total. The monoisotopic (exact) mass is 352 g/mol. The van der Waals surface area contributed by atoms with E-state index in [0.717, 1.165) is 36.3 Å². The number of hydrogen-bond acceptors (Lipinski definition) is 2. The van der Waals surface area contributed by atoms with Crippen molar-refractivity contribution in [1.29, 1.82) is 0 Å². The fourth-order valence-electron chi connectivity index (χ4n) is 5.84. The lowest BCUT2D eigenvalue weighted by atomic mass is 9.49. The van der Waals surface area contributed by atoms with E-state index >= 15 is 0 Å². The van der Waals surface area contributed by atoms with E-state index in [1.807, 2.05) is 0 Å². The van der Waals surface area contributed by atoms with Crippen LogP contribution in [0.25, 0.3) is 0 Å². The number of alkyl halides is 3. The summed E-state index contributed by atoms with van der Waals surface area (Å²) in [5, 5.41) is 0. The summed E-state index contributed by atoms with van der Waals surface area (Å²) in [5.41, 5.74) is -0.231. The van der Waals surface area contributed by atoms with Gasteiger partial charge in [-0.15, -0.1) is 0 Å². The van der Waals surface area contributed by atoms with Gasteiger partial charge in [0.2, 0.25) is 0 Å². The zero-order valence-electron chi connectivity index (χ0n) is 14.1. The molecule has 0 N–H and O–H groups in total. The Bertz CT molecular complexity index is 613. The quantitative estimate of drug-likeness (QED) is 0.672. The minimum atomic E-state index is -4.39. The van der Waals surface area contributed by atoms with E-state index in [4.69, 9.17) is 4.74 Å². The number of esters is 1. The van der Waals surface area contributed by atoms with Gasteiger partial charge in [-0.3, -0.25) is 0 Å². The fraction of sp³-hybridized carbons (Fsp3) is 0.650. The van der Waals surface area contributed by atoms with Gasteiger partial charge in [-0.25, -0.2) is 4.79 Å². The molecule has 5 heteroatoms. The van der Waals surface area contributed by atoms with E-state index in [-0.39, 0.29) is 5.56 Å². The third-order valence-corrected chi connectivity index (χ3v) is 6.48. The minimum Gasteiger partial charge on any atom is -0.462 e. The number of hydrogen-bond donors (Lipinski definition) is 0. The predicted octanol–water partition coefficient (Wildman–Crippen LogP) is 5.47. The predicted molar refractivity (Wildman–Crippen MR) is 86.9 cm³/mol. The molecular formula is C20H23F3O2. The number of ether oxygens (including phenoxy) is 1. The van der Waals surface area contributed by atoms with Crippen LogP contribution in [-0.2, 0) is 10.9 Å². The second-order valence-electron chi connectivity index (χ2n) is 8.38. The second-order valence-corrected chi connectivity index (χ2v) is 8.38. The Labute approximate surface area is 145 Å². The molecule has 0 atom stereocenters. The summed E-state index contributed by atoms with van der Waals surface area (Å²) in [6.07, 6.45) is 4.42. The summed E-state index contributed by atoms with van der Waals surface area (Å²) in [5.74, 6) is 2.05. The largest absolute Gasteiger partial charge is 0.462 e. The molecule has 0 heterocycles. The zero-order valence-corrected chi connectivity index (χ0v) is 14.1. The molecule has 0 aliphatic heterocycles. The Balaban J connectivity index is 1.32. The number of halogens is 3. The van der Waals surface area contributed by atoms with Gasteiger partial charge in [0.25, 0.3) is 0 Å². The van der Waals surface area contributed by atoms with E-state index < -0.39 is 17.7 Å².